The van der Waals surface area contributed by atoms with Crippen molar-refractivity contribution in [2.75, 3.05) is 0 Å². The molecule has 9 heavy (non-hydrogen) atoms. The molecule has 1 rings (SSSR count). The fourth-order valence-corrected chi connectivity index (χ4v) is 0.548. The molecule has 0 spiro atoms. The van der Waals surface area contributed by atoms with Crippen LogP contribution in [0.1, 0.15) is 0 Å². The SMILES string of the molecule is NNC1C=CNC(=O)N1. The van der Waals surface area contributed by atoms with Gasteiger partial charge in [0.05, 0.1) is 0 Å². The molecule has 0 bridgehead atoms. The van der Waals surface area contributed by atoms with E-state index < -0.39 is 0 Å². The van der Waals surface area contributed by atoms with Crippen molar-refractivity contribution in [2.24, 2.45) is 5.84 Å². The molecule has 1 aliphatic rings. The Kier molecular flexibility index (Phi) is 1.66. The molecule has 50 valence electrons. The van der Waals surface area contributed by atoms with E-state index >= 15 is 0 Å². The summed E-state index contributed by atoms with van der Waals surface area (Å²) in [5.74, 6) is 5.02. The predicted octanol–water partition coefficient (Wildman–Crippen LogP) is -1.40. The van der Waals surface area contributed by atoms with E-state index in [0.29, 0.717) is 0 Å². The van der Waals surface area contributed by atoms with Gasteiger partial charge in [0.15, 0.2) is 0 Å². The van der Waals surface area contributed by atoms with Gasteiger partial charge < -0.3 is 10.6 Å². The van der Waals surface area contributed by atoms with E-state index in [2.05, 4.69) is 16.1 Å². The Morgan fingerprint density at radius 3 is 3.00 bits per heavy atom. The number of nitrogens with two attached hydrogens (primary N) is 1. The van der Waals surface area contributed by atoms with Gasteiger partial charge in [-0.05, 0) is 6.08 Å². The van der Waals surface area contributed by atoms with Crippen LogP contribution in [0.25, 0.3) is 0 Å². The third-order valence-corrected chi connectivity index (χ3v) is 0.969. The molecule has 0 saturated carbocycles. The van der Waals surface area contributed by atoms with Crippen LogP contribution in [-0.2, 0) is 0 Å². The maximum absolute atomic E-state index is 10.5. The smallest absolute Gasteiger partial charge is 0.318 e. The lowest BCUT2D eigenvalue weighted by molar-refractivity contribution is 0.238. The zero-order chi connectivity index (χ0) is 6.69. The first-order valence-corrected chi connectivity index (χ1v) is 2.53. The van der Waals surface area contributed by atoms with Crippen LogP contribution in [0.5, 0.6) is 0 Å². The maximum Gasteiger partial charge on any atom is 0.320 e. The molecule has 1 aliphatic heterocycles. The third-order valence-electron chi connectivity index (χ3n) is 0.969. The first kappa shape index (κ1) is 6.06. The van der Waals surface area contributed by atoms with Gasteiger partial charge in [-0.25, -0.2) is 10.2 Å². The average molecular weight is 128 g/mol. The molecule has 1 unspecified atom stereocenters. The Balaban J connectivity index is 2.49. The lowest BCUT2D eigenvalue weighted by Gasteiger charge is -2.16. The van der Waals surface area contributed by atoms with Gasteiger partial charge in [-0.1, -0.05) is 0 Å². The molecule has 1 heterocycles. The largest absolute Gasteiger partial charge is 0.320 e. The van der Waals surface area contributed by atoms with Crippen molar-refractivity contribution in [1.29, 1.82) is 0 Å². The second kappa shape index (κ2) is 2.47. The molecule has 0 aliphatic carbocycles. The van der Waals surface area contributed by atoms with E-state index in [9.17, 15) is 4.79 Å². The van der Waals surface area contributed by atoms with Crippen molar-refractivity contribution in [3.05, 3.63) is 12.3 Å². The summed E-state index contributed by atoms with van der Waals surface area (Å²) in [6, 6.07) is -0.250. The highest BCUT2D eigenvalue weighted by Crippen LogP contribution is 1.83. The van der Waals surface area contributed by atoms with Gasteiger partial charge in [0, 0.05) is 6.20 Å². The molecule has 2 amide bonds. The van der Waals surface area contributed by atoms with Crippen LogP contribution in [0, 0.1) is 0 Å². The number of nitrogens with one attached hydrogen (secondary N) is 3. The zero-order valence-electron chi connectivity index (χ0n) is 4.72. The molecule has 0 aromatic heterocycles. The number of hydrazine groups is 1. The van der Waals surface area contributed by atoms with Crippen molar-refractivity contribution >= 4 is 6.03 Å². The number of hydrogen-bond donors (Lipinski definition) is 4. The summed E-state index contributed by atoms with van der Waals surface area (Å²) < 4.78 is 0. The zero-order valence-corrected chi connectivity index (χ0v) is 4.72. The minimum absolute atomic E-state index is 0.250. The lowest BCUT2D eigenvalue weighted by atomic mass is 10.4. The number of carbonyl (C=O) groups is 1. The van der Waals surface area contributed by atoms with Gasteiger partial charge in [-0.2, -0.15) is 0 Å². The van der Waals surface area contributed by atoms with Crippen LogP contribution in [0.3, 0.4) is 0 Å². The van der Waals surface area contributed by atoms with Crippen molar-refractivity contribution in [3.63, 3.8) is 0 Å². The highest BCUT2D eigenvalue weighted by Gasteiger charge is 2.08. The molecule has 5 nitrogen and oxygen atoms in total. The van der Waals surface area contributed by atoms with Crippen LogP contribution in [-0.4, -0.2) is 12.2 Å². The monoisotopic (exact) mass is 128 g/mol. The molecule has 0 saturated heterocycles. The van der Waals surface area contributed by atoms with E-state index in [1.165, 1.54) is 6.20 Å². The first-order valence-electron chi connectivity index (χ1n) is 2.53. The Morgan fingerprint density at radius 1 is 1.78 bits per heavy atom. The topological polar surface area (TPSA) is 79.2 Å². The number of hydrogen-bond acceptors (Lipinski definition) is 3. The summed E-state index contributed by atoms with van der Waals surface area (Å²) in [4.78, 5) is 10.5. The second-order valence-electron chi connectivity index (χ2n) is 1.62. The van der Waals surface area contributed by atoms with Crippen molar-refractivity contribution < 1.29 is 4.79 Å². The van der Waals surface area contributed by atoms with Crippen LogP contribution in [0.4, 0.5) is 4.79 Å². The highest BCUT2D eigenvalue weighted by atomic mass is 16.2. The van der Waals surface area contributed by atoms with Crippen LogP contribution in [0.2, 0.25) is 0 Å². The number of carbonyl (C=O) groups excluding carboxylic acids is 1. The van der Waals surface area contributed by atoms with Gasteiger partial charge in [-0.3, -0.25) is 5.84 Å². The minimum Gasteiger partial charge on any atom is -0.318 e. The lowest BCUT2D eigenvalue weighted by Crippen LogP contribution is -2.52. The molecule has 5 heteroatoms. The number of amides is 2. The molecular weight excluding hydrogens is 120 g/mol. The van der Waals surface area contributed by atoms with Gasteiger partial charge >= 0.3 is 6.03 Å². The van der Waals surface area contributed by atoms with E-state index in [1.54, 1.807) is 6.08 Å². The van der Waals surface area contributed by atoms with Gasteiger partial charge in [0.25, 0.3) is 0 Å². The van der Waals surface area contributed by atoms with E-state index in [0.717, 1.165) is 0 Å². The average Bonchev–Trinajstić information content (AvgIpc) is 1.88. The van der Waals surface area contributed by atoms with Gasteiger partial charge in [0.1, 0.15) is 6.17 Å². The van der Waals surface area contributed by atoms with Crippen LogP contribution >= 0.6 is 0 Å². The summed E-state index contributed by atoms with van der Waals surface area (Å²) in [7, 11) is 0. The Morgan fingerprint density at radius 2 is 2.56 bits per heavy atom. The van der Waals surface area contributed by atoms with Crippen LogP contribution in [0.15, 0.2) is 12.3 Å². The molecule has 5 N–H and O–H groups in total. The molecule has 0 aromatic carbocycles. The van der Waals surface area contributed by atoms with Crippen LogP contribution < -0.4 is 21.9 Å². The fourth-order valence-electron chi connectivity index (χ4n) is 0.548. The summed E-state index contributed by atoms with van der Waals surface area (Å²) in [5.41, 5.74) is 2.38. The predicted molar refractivity (Wildman–Crippen MR) is 31.9 cm³/mol. The fraction of sp³-hybridized carbons (Fsp3) is 0.250. The highest BCUT2D eigenvalue weighted by molar-refractivity contribution is 5.76. The Labute approximate surface area is 52.3 Å². The van der Waals surface area contributed by atoms with E-state index in [-0.39, 0.29) is 12.2 Å². The summed E-state index contributed by atoms with van der Waals surface area (Å²) in [5, 5.41) is 4.91. The maximum atomic E-state index is 10.5. The van der Waals surface area contributed by atoms with E-state index in [4.69, 9.17) is 5.84 Å². The molecule has 0 fully saturated rings. The summed E-state index contributed by atoms with van der Waals surface area (Å²) in [6.07, 6.45) is 2.98. The summed E-state index contributed by atoms with van der Waals surface area (Å²) in [6.45, 7) is 0. The standard InChI is InChI=1S/C4H8N4O/c5-8-3-1-2-6-4(9)7-3/h1-3,8H,5H2,(H2,6,7,9). The van der Waals surface area contributed by atoms with Crippen molar-refractivity contribution in [2.45, 2.75) is 6.17 Å². The van der Waals surface area contributed by atoms with Crippen molar-refractivity contribution in [1.82, 2.24) is 16.1 Å². The molecule has 0 aromatic rings. The molecule has 0 radical (unpaired) electrons. The van der Waals surface area contributed by atoms with Gasteiger partial charge in [-0.15, -0.1) is 0 Å². The quantitative estimate of drug-likeness (QED) is 0.259. The Bertz CT molecular complexity index is 144. The molecular formula is C4H8N4O. The molecule has 1 atom stereocenters. The normalized spacial score (nSPS) is 25.0. The number of rotatable bonds is 1. The van der Waals surface area contributed by atoms with Gasteiger partial charge in [0.2, 0.25) is 0 Å². The third kappa shape index (κ3) is 1.41. The number of urea groups is 1. The first-order chi connectivity index (χ1) is 4.33. The second-order valence-corrected chi connectivity index (χ2v) is 1.62. The van der Waals surface area contributed by atoms with E-state index in [1.807, 2.05) is 0 Å². The minimum atomic E-state index is -0.251. The van der Waals surface area contributed by atoms with Crippen molar-refractivity contribution in [3.8, 4) is 0 Å². The Hall–Kier alpha value is -1.07. The summed E-state index contributed by atoms with van der Waals surface area (Å²) >= 11 is 0.